The normalized spacial score (nSPS) is 26.7. The molecule has 2 aliphatic rings. The Morgan fingerprint density at radius 3 is 3.00 bits per heavy atom. The number of rotatable bonds is 1. The van der Waals surface area contributed by atoms with E-state index in [0.29, 0.717) is 26.2 Å². The number of likely N-dealkylation sites (N-methyl/N-ethyl adjacent to an activating group) is 1. The highest BCUT2D eigenvalue weighted by Gasteiger charge is 2.43. The minimum atomic E-state index is -0.552. The van der Waals surface area contributed by atoms with Crippen LogP contribution < -0.4 is 11.1 Å². The summed E-state index contributed by atoms with van der Waals surface area (Å²) < 4.78 is 6.73. The molecule has 0 bridgehead atoms. The second-order valence-corrected chi connectivity index (χ2v) is 5.20. The Labute approximate surface area is 109 Å². The first kappa shape index (κ1) is 12.0. The number of aromatic nitrogens is 2. The lowest BCUT2D eigenvalue weighted by atomic mass is 10.0. The molecule has 1 aromatic heterocycles. The fraction of sp³-hybridized carbons (Fsp3) is 0.545. The van der Waals surface area contributed by atoms with Gasteiger partial charge in [-0.3, -0.25) is 14.4 Å². The highest BCUT2D eigenvalue weighted by molar-refractivity contribution is 5.90. The summed E-state index contributed by atoms with van der Waals surface area (Å²) in [5, 5.41) is 7.04. The van der Waals surface area contributed by atoms with E-state index in [-0.39, 0.29) is 5.69 Å². The first-order chi connectivity index (χ1) is 8.97. The summed E-state index contributed by atoms with van der Waals surface area (Å²) in [4.78, 5) is 24.6. The Kier molecular flexibility index (Phi) is 2.49. The molecule has 0 aliphatic carbocycles. The van der Waals surface area contributed by atoms with Crippen molar-refractivity contribution in [2.75, 3.05) is 20.2 Å². The average Bonchev–Trinajstić information content (AvgIpc) is 2.81. The maximum Gasteiger partial charge on any atom is 0.407 e. The van der Waals surface area contributed by atoms with Crippen LogP contribution in [0, 0.1) is 0 Å². The van der Waals surface area contributed by atoms with Gasteiger partial charge in [0.05, 0.1) is 12.2 Å². The number of primary amides is 1. The van der Waals surface area contributed by atoms with Gasteiger partial charge in [0.1, 0.15) is 17.8 Å². The fourth-order valence-electron chi connectivity index (χ4n) is 2.69. The number of amides is 2. The minimum absolute atomic E-state index is 0.241. The zero-order valence-corrected chi connectivity index (χ0v) is 10.5. The zero-order valence-electron chi connectivity index (χ0n) is 10.5. The number of hydrogen-bond acceptors (Lipinski definition) is 5. The van der Waals surface area contributed by atoms with E-state index in [1.165, 1.54) is 0 Å². The second kappa shape index (κ2) is 3.95. The number of fused-ring (bicyclic) bond motifs is 1. The second-order valence-electron chi connectivity index (χ2n) is 5.20. The molecule has 1 spiro atoms. The standard InChI is InChI=1S/C11H15N5O3/c1-15-3-7-2-8(9(12)17)14-16(7)5-11(4-15)6-19-10(18)13-11/h2H,3-6H2,1H3,(H2,12,17)(H,13,18). The summed E-state index contributed by atoms with van der Waals surface area (Å²) in [5.41, 5.74) is 5.88. The molecule has 2 aliphatic heterocycles. The number of nitrogens with two attached hydrogens (primary N) is 1. The Hall–Kier alpha value is -2.09. The van der Waals surface area contributed by atoms with E-state index in [1.54, 1.807) is 10.7 Å². The summed E-state index contributed by atoms with van der Waals surface area (Å²) in [6.07, 6.45) is -0.417. The minimum Gasteiger partial charge on any atom is -0.447 e. The van der Waals surface area contributed by atoms with Crippen molar-refractivity contribution in [3.63, 3.8) is 0 Å². The Bertz CT molecular complexity index is 555. The molecule has 3 rings (SSSR count). The third kappa shape index (κ3) is 2.03. The first-order valence-electron chi connectivity index (χ1n) is 5.97. The molecule has 8 nitrogen and oxygen atoms in total. The maximum absolute atomic E-state index is 11.3. The Morgan fingerprint density at radius 2 is 2.37 bits per heavy atom. The van der Waals surface area contributed by atoms with Crippen LogP contribution in [0.1, 0.15) is 16.2 Å². The van der Waals surface area contributed by atoms with Crippen molar-refractivity contribution in [2.24, 2.45) is 5.73 Å². The average molecular weight is 265 g/mol. The van der Waals surface area contributed by atoms with Gasteiger partial charge in [0.25, 0.3) is 5.91 Å². The van der Waals surface area contributed by atoms with Crippen LogP contribution in [0.3, 0.4) is 0 Å². The number of nitrogens with zero attached hydrogens (tertiary/aromatic N) is 3. The van der Waals surface area contributed by atoms with Gasteiger partial charge in [-0.15, -0.1) is 0 Å². The van der Waals surface area contributed by atoms with Crippen LogP contribution in [0.25, 0.3) is 0 Å². The molecule has 0 aromatic carbocycles. The van der Waals surface area contributed by atoms with Gasteiger partial charge in [-0.25, -0.2) is 4.79 Å². The fourth-order valence-corrected chi connectivity index (χ4v) is 2.69. The molecule has 1 fully saturated rings. The van der Waals surface area contributed by atoms with Crippen LogP contribution in [0.15, 0.2) is 6.07 Å². The lowest BCUT2D eigenvalue weighted by molar-refractivity contribution is 0.0994. The molecule has 1 unspecified atom stereocenters. The molecular weight excluding hydrogens is 250 g/mol. The van der Waals surface area contributed by atoms with Crippen molar-refractivity contribution in [1.82, 2.24) is 20.0 Å². The SMILES string of the molecule is CN1Cc2cc(C(N)=O)nn2CC2(COC(=O)N2)C1. The third-order valence-corrected chi connectivity index (χ3v) is 3.42. The van der Waals surface area contributed by atoms with E-state index in [0.717, 1.165) is 5.69 Å². The van der Waals surface area contributed by atoms with E-state index in [1.807, 2.05) is 7.05 Å². The van der Waals surface area contributed by atoms with Crippen molar-refractivity contribution in [3.05, 3.63) is 17.5 Å². The molecule has 19 heavy (non-hydrogen) atoms. The number of carbonyl (C=O) groups excluding carboxylic acids is 2. The number of carbonyl (C=O) groups is 2. The Balaban J connectivity index is 1.97. The van der Waals surface area contributed by atoms with Crippen LogP contribution in [0.2, 0.25) is 0 Å². The van der Waals surface area contributed by atoms with Crippen molar-refractivity contribution >= 4 is 12.0 Å². The van der Waals surface area contributed by atoms with Crippen LogP contribution in [-0.4, -0.2) is 52.4 Å². The molecule has 3 N–H and O–H groups in total. The van der Waals surface area contributed by atoms with Crippen LogP contribution in [0.5, 0.6) is 0 Å². The zero-order chi connectivity index (χ0) is 13.6. The molecule has 1 atom stereocenters. The third-order valence-electron chi connectivity index (χ3n) is 3.42. The number of cyclic esters (lactones) is 1. The van der Waals surface area contributed by atoms with Crippen LogP contribution >= 0.6 is 0 Å². The molecule has 0 radical (unpaired) electrons. The monoisotopic (exact) mass is 265 g/mol. The topological polar surface area (TPSA) is 102 Å². The number of hydrogen-bond donors (Lipinski definition) is 2. The van der Waals surface area contributed by atoms with Crippen molar-refractivity contribution in [3.8, 4) is 0 Å². The van der Waals surface area contributed by atoms with Crippen molar-refractivity contribution in [1.29, 1.82) is 0 Å². The molecule has 8 heteroatoms. The number of alkyl carbamates (subject to hydrolysis) is 1. The van der Waals surface area contributed by atoms with Crippen LogP contribution in [-0.2, 0) is 17.8 Å². The van der Waals surface area contributed by atoms with Gasteiger partial charge in [-0.2, -0.15) is 5.10 Å². The predicted octanol–water partition coefficient (Wildman–Crippen LogP) is -1.09. The lowest BCUT2D eigenvalue weighted by Crippen LogP contribution is -2.53. The van der Waals surface area contributed by atoms with E-state index >= 15 is 0 Å². The van der Waals surface area contributed by atoms with Crippen molar-refractivity contribution in [2.45, 2.75) is 18.6 Å². The number of ether oxygens (including phenoxy) is 1. The van der Waals surface area contributed by atoms with Gasteiger partial charge in [0, 0.05) is 13.1 Å². The molecule has 0 saturated carbocycles. The van der Waals surface area contributed by atoms with Gasteiger partial charge < -0.3 is 15.8 Å². The highest BCUT2D eigenvalue weighted by atomic mass is 16.6. The van der Waals surface area contributed by atoms with Gasteiger partial charge in [0.15, 0.2) is 0 Å². The maximum atomic E-state index is 11.3. The highest BCUT2D eigenvalue weighted by Crippen LogP contribution is 2.23. The first-order valence-corrected chi connectivity index (χ1v) is 5.97. The van der Waals surface area contributed by atoms with Gasteiger partial charge in [-0.1, -0.05) is 0 Å². The summed E-state index contributed by atoms with van der Waals surface area (Å²) in [7, 11) is 1.94. The number of nitrogens with one attached hydrogen (secondary N) is 1. The summed E-state index contributed by atoms with van der Waals surface area (Å²) >= 11 is 0. The van der Waals surface area contributed by atoms with Gasteiger partial charge in [0.2, 0.25) is 0 Å². The van der Waals surface area contributed by atoms with Crippen LogP contribution in [0.4, 0.5) is 4.79 Å². The van der Waals surface area contributed by atoms with Gasteiger partial charge >= 0.3 is 6.09 Å². The largest absolute Gasteiger partial charge is 0.447 e. The molecular formula is C11H15N5O3. The smallest absolute Gasteiger partial charge is 0.407 e. The lowest BCUT2D eigenvalue weighted by Gasteiger charge is -2.27. The van der Waals surface area contributed by atoms with E-state index < -0.39 is 17.5 Å². The van der Waals surface area contributed by atoms with Gasteiger partial charge in [-0.05, 0) is 13.1 Å². The summed E-state index contributed by atoms with van der Waals surface area (Å²) in [6.45, 7) is 2.05. The molecule has 1 aromatic rings. The Morgan fingerprint density at radius 1 is 1.58 bits per heavy atom. The molecule has 102 valence electrons. The van der Waals surface area contributed by atoms with E-state index in [9.17, 15) is 9.59 Å². The molecule has 3 heterocycles. The molecule has 2 amide bonds. The molecule has 1 saturated heterocycles. The van der Waals surface area contributed by atoms with E-state index in [4.69, 9.17) is 10.5 Å². The van der Waals surface area contributed by atoms with Crippen molar-refractivity contribution < 1.29 is 14.3 Å². The summed E-state index contributed by atoms with van der Waals surface area (Å²) in [6, 6.07) is 1.69. The summed E-state index contributed by atoms with van der Waals surface area (Å²) in [5.74, 6) is -0.552. The quantitative estimate of drug-likeness (QED) is 0.671. The predicted molar refractivity (Wildman–Crippen MR) is 64.3 cm³/mol. The van der Waals surface area contributed by atoms with E-state index in [2.05, 4.69) is 15.3 Å².